The second-order valence-corrected chi connectivity index (χ2v) is 12.9. The van der Waals surface area contributed by atoms with Crippen molar-refractivity contribution in [1.82, 2.24) is 19.5 Å². The van der Waals surface area contributed by atoms with Crippen molar-refractivity contribution in [3.05, 3.63) is 12.2 Å². The molecule has 12 N–H and O–H groups in total. The van der Waals surface area contributed by atoms with E-state index in [1.807, 2.05) is 0 Å². The van der Waals surface area contributed by atoms with E-state index in [9.17, 15) is 33.7 Å². The molecule has 2 aromatic heterocycles. The Morgan fingerprint density at radius 2 is 1.69 bits per heavy atom. The number of unbranched alkanes of at least 4 members (excludes halogenated alkanes) is 3. The fourth-order valence-electron chi connectivity index (χ4n) is 3.89. The smallest absolute Gasteiger partial charge is 0.387 e. The van der Waals surface area contributed by atoms with Crippen molar-refractivity contribution < 1.29 is 61.4 Å². The van der Waals surface area contributed by atoms with Crippen molar-refractivity contribution >= 4 is 40.4 Å². The molecule has 6 atom stereocenters. The minimum atomic E-state index is -5.77. The Hall–Kier alpha value is -1.44. The largest absolute Gasteiger partial charge is 0.490 e. The molecule has 23 heteroatoms. The normalized spacial score (nSPS) is 27.0. The second-order valence-electron chi connectivity index (χ2n) is 8.48. The van der Waals surface area contributed by atoms with Gasteiger partial charge in [0.2, 0.25) is 5.85 Å². The molecule has 3 rings (SSSR count). The first-order valence-corrected chi connectivity index (χ1v) is 15.8. The average Bonchev–Trinajstić information content (AvgIpc) is 3.27. The first-order valence-electron chi connectivity index (χ1n) is 11.3. The summed E-state index contributed by atoms with van der Waals surface area (Å²) in [6.45, 7) is -0.519. The Labute approximate surface area is 220 Å². The predicted octanol–water partition coefficient (Wildman–Crippen LogP) is -1.50. The third kappa shape index (κ3) is 7.85. The number of nitrogens with zero attached hydrogens (tertiary/aromatic N) is 4. The highest BCUT2D eigenvalue weighted by molar-refractivity contribution is 7.66. The predicted molar refractivity (Wildman–Crippen MR) is 130 cm³/mol. The topological polar surface area (TPSA) is 331 Å². The number of imidazole rings is 1. The van der Waals surface area contributed by atoms with E-state index < -0.39 is 54.2 Å². The van der Waals surface area contributed by atoms with E-state index in [1.165, 1.54) is 4.57 Å². The van der Waals surface area contributed by atoms with Crippen molar-refractivity contribution in [2.75, 3.05) is 18.9 Å². The molecule has 1 aliphatic rings. The van der Waals surface area contributed by atoms with Gasteiger partial charge in [0.15, 0.2) is 17.0 Å². The molecule has 0 saturated carbocycles. The maximum atomic E-state index is 12.1. The van der Waals surface area contributed by atoms with Crippen LogP contribution in [0.25, 0.3) is 11.2 Å². The highest BCUT2D eigenvalue weighted by Gasteiger charge is 2.55. The molecule has 0 spiro atoms. The molecule has 2 aromatic rings. The van der Waals surface area contributed by atoms with Gasteiger partial charge >= 0.3 is 23.5 Å². The fourth-order valence-corrected chi connectivity index (χ4v) is 6.92. The van der Waals surface area contributed by atoms with Crippen molar-refractivity contribution in [2.24, 2.45) is 11.5 Å². The Morgan fingerprint density at radius 1 is 1.03 bits per heavy atom. The van der Waals surface area contributed by atoms with E-state index in [1.54, 1.807) is 0 Å². The number of nitrogens with two attached hydrogens (primary N) is 3. The van der Waals surface area contributed by atoms with Crippen LogP contribution in [0, 0.1) is 0 Å². The molecule has 0 amide bonds. The first-order chi connectivity index (χ1) is 18.0. The minimum Gasteiger partial charge on any atom is -0.387 e. The molecule has 1 saturated heterocycles. The van der Waals surface area contributed by atoms with E-state index >= 15 is 0 Å². The number of ether oxygens (including phenoxy) is 1. The summed E-state index contributed by atoms with van der Waals surface area (Å²) >= 11 is 0. The van der Waals surface area contributed by atoms with Crippen LogP contribution in [-0.4, -0.2) is 80.8 Å². The molecule has 0 bridgehead atoms. The standard InChI is InChI=1S/C16H30N7O13P3/c17-6-4-2-1-3-5-10-22-11-14(18)20-8-21-15(11)23(10)16(19)13(25)12(24)9(34-16)7-33-38(29,30)36-39(31,32)35-37(26,27)28/h8-9,12-13,24-25H,1-7,17,19H2,(H,29,30)(H,31,32)(H2,18,20,21)(H2,26,27,28)/t9-,12-,13-,16+/m1/s1. The molecule has 3 heterocycles. The minimum absolute atomic E-state index is 0.00368. The Kier molecular flexibility index (Phi) is 10.0. The van der Waals surface area contributed by atoms with E-state index in [4.69, 9.17) is 31.7 Å². The van der Waals surface area contributed by atoms with Gasteiger partial charge in [-0.2, -0.15) is 8.62 Å². The highest BCUT2D eigenvalue weighted by Crippen LogP contribution is 2.66. The number of aromatic nitrogens is 4. The summed E-state index contributed by atoms with van der Waals surface area (Å²) in [7, 11) is -16.9. The molecule has 0 aromatic carbocycles. The zero-order valence-corrected chi connectivity index (χ0v) is 22.8. The number of rotatable bonds is 14. The number of phosphoric ester groups is 1. The van der Waals surface area contributed by atoms with Crippen LogP contribution in [0.5, 0.6) is 0 Å². The quantitative estimate of drug-likeness (QED) is 0.0856. The molecular weight excluding hydrogens is 591 g/mol. The van der Waals surface area contributed by atoms with Gasteiger partial charge in [-0.05, 0) is 19.4 Å². The summed E-state index contributed by atoms with van der Waals surface area (Å²) in [6, 6.07) is 0. The van der Waals surface area contributed by atoms with Crippen molar-refractivity contribution in [2.45, 2.75) is 56.3 Å². The number of nitrogen functional groups attached to an aromatic ring is 1. The summed E-state index contributed by atoms with van der Waals surface area (Å²) in [5.41, 5.74) is 18.0. The maximum absolute atomic E-state index is 12.1. The number of phosphoric acid groups is 3. The summed E-state index contributed by atoms with van der Waals surface area (Å²) in [6.07, 6.45) is -0.855. The summed E-state index contributed by atoms with van der Waals surface area (Å²) < 4.78 is 53.0. The molecule has 0 aliphatic carbocycles. The monoisotopic (exact) mass is 621 g/mol. The summed E-state index contributed by atoms with van der Waals surface area (Å²) in [4.78, 5) is 48.6. The van der Waals surface area contributed by atoms with Crippen LogP contribution in [-0.2, 0) is 43.8 Å². The van der Waals surface area contributed by atoms with Crippen LogP contribution in [0.2, 0.25) is 0 Å². The third-order valence-corrected chi connectivity index (χ3v) is 9.33. The van der Waals surface area contributed by atoms with Crippen LogP contribution < -0.4 is 17.2 Å². The van der Waals surface area contributed by atoms with E-state index in [0.29, 0.717) is 19.4 Å². The van der Waals surface area contributed by atoms with Gasteiger partial charge in [-0.3, -0.25) is 14.8 Å². The van der Waals surface area contributed by atoms with E-state index in [-0.39, 0.29) is 22.8 Å². The van der Waals surface area contributed by atoms with Crippen LogP contribution in [0.15, 0.2) is 6.33 Å². The SMILES string of the molecule is NCCCCCCc1nc2c(N)ncnc2n1[C@]1(N)O[C@H](COP(=O)(O)OP(=O)(O)OP(=O)(O)O)[C@@H](O)[C@H]1O. The van der Waals surface area contributed by atoms with Gasteiger partial charge in [-0.1, -0.05) is 12.8 Å². The lowest BCUT2D eigenvalue weighted by molar-refractivity contribution is -0.142. The zero-order valence-electron chi connectivity index (χ0n) is 20.2. The number of hydrogen-bond donors (Lipinski definition) is 9. The van der Waals surface area contributed by atoms with Gasteiger partial charge in [0.1, 0.15) is 30.5 Å². The van der Waals surface area contributed by atoms with Crippen LogP contribution in [0.1, 0.15) is 31.5 Å². The molecule has 2 unspecified atom stereocenters. The van der Waals surface area contributed by atoms with Crippen molar-refractivity contribution in [3.8, 4) is 0 Å². The van der Waals surface area contributed by atoms with Crippen LogP contribution in [0.4, 0.5) is 5.82 Å². The van der Waals surface area contributed by atoms with Crippen LogP contribution >= 0.6 is 23.5 Å². The number of aryl methyl sites for hydroxylation is 1. The number of hydrogen-bond acceptors (Lipinski definition) is 15. The molecule has 222 valence electrons. The highest BCUT2D eigenvalue weighted by atomic mass is 31.3. The van der Waals surface area contributed by atoms with Crippen molar-refractivity contribution in [3.63, 3.8) is 0 Å². The molecule has 39 heavy (non-hydrogen) atoms. The molecule has 20 nitrogen and oxygen atoms in total. The van der Waals surface area contributed by atoms with Crippen LogP contribution in [0.3, 0.4) is 0 Å². The van der Waals surface area contributed by atoms with Gasteiger partial charge in [0, 0.05) is 6.42 Å². The summed E-state index contributed by atoms with van der Waals surface area (Å²) in [5, 5.41) is 21.4. The fraction of sp³-hybridized carbons (Fsp3) is 0.688. The second kappa shape index (κ2) is 12.2. The van der Waals surface area contributed by atoms with E-state index in [0.717, 1.165) is 25.6 Å². The number of aliphatic hydroxyl groups excluding tert-OH is 2. The van der Waals surface area contributed by atoms with Gasteiger partial charge in [0.25, 0.3) is 0 Å². The molecule has 0 radical (unpaired) electrons. The Morgan fingerprint density at radius 3 is 2.33 bits per heavy atom. The lowest BCUT2D eigenvalue weighted by atomic mass is 10.1. The first kappa shape index (κ1) is 32.1. The average molecular weight is 621 g/mol. The Balaban J connectivity index is 1.83. The van der Waals surface area contributed by atoms with Gasteiger partial charge < -0.3 is 46.0 Å². The van der Waals surface area contributed by atoms with Crippen molar-refractivity contribution in [1.29, 1.82) is 0 Å². The molecule has 1 aliphatic heterocycles. The number of aliphatic hydroxyl groups is 2. The van der Waals surface area contributed by atoms with Gasteiger partial charge in [-0.15, -0.1) is 0 Å². The molecular formula is C16H30N7O13P3. The third-order valence-electron chi connectivity index (χ3n) is 5.53. The molecule has 1 fully saturated rings. The zero-order chi connectivity index (χ0) is 29.2. The van der Waals surface area contributed by atoms with E-state index in [2.05, 4.69) is 28.1 Å². The lowest BCUT2D eigenvalue weighted by Gasteiger charge is -2.30. The Bertz CT molecular complexity index is 1310. The lowest BCUT2D eigenvalue weighted by Crippen LogP contribution is -2.53. The summed E-state index contributed by atoms with van der Waals surface area (Å²) in [5.74, 6) is -1.98. The maximum Gasteiger partial charge on any atom is 0.490 e. The van der Waals surface area contributed by atoms with Gasteiger partial charge in [-0.25, -0.2) is 28.6 Å². The number of fused-ring (bicyclic) bond motifs is 1. The number of anilines is 1. The van der Waals surface area contributed by atoms with Gasteiger partial charge in [0.05, 0.1) is 6.61 Å².